The van der Waals surface area contributed by atoms with Crippen molar-refractivity contribution in [2.45, 2.75) is 13.0 Å². The van der Waals surface area contributed by atoms with Gasteiger partial charge in [0.1, 0.15) is 17.6 Å². The van der Waals surface area contributed by atoms with Gasteiger partial charge in [-0.2, -0.15) is 0 Å². The van der Waals surface area contributed by atoms with Gasteiger partial charge in [0.15, 0.2) is 5.82 Å². The van der Waals surface area contributed by atoms with E-state index in [1.54, 1.807) is 0 Å². The summed E-state index contributed by atoms with van der Waals surface area (Å²) in [6, 6.07) is 0.656. The Kier molecular flexibility index (Phi) is 2.95. The molecule has 1 rings (SSSR count). The molecule has 4 nitrogen and oxygen atoms in total. The molecule has 76 valence electrons. The molecule has 6 heteroatoms. The van der Waals surface area contributed by atoms with E-state index in [2.05, 4.69) is 9.72 Å². The first-order valence-electron chi connectivity index (χ1n) is 3.77. The van der Waals surface area contributed by atoms with Gasteiger partial charge in [0.05, 0.1) is 6.20 Å². The van der Waals surface area contributed by atoms with Gasteiger partial charge in [0, 0.05) is 6.07 Å². The molecule has 1 unspecified atom stereocenters. The highest BCUT2D eigenvalue weighted by molar-refractivity contribution is 5.64. The third kappa shape index (κ3) is 2.38. The summed E-state index contributed by atoms with van der Waals surface area (Å²) >= 11 is 0. The second-order valence-corrected chi connectivity index (χ2v) is 2.60. The van der Waals surface area contributed by atoms with Gasteiger partial charge >= 0.3 is 6.09 Å². The number of carbonyl (C=O) groups is 1. The quantitative estimate of drug-likeness (QED) is 0.790. The predicted octanol–water partition coefficient (Wildman–Crippen LogP) is 1.52. The lowest BCUT2D eigenvalue weighted by atomic mass is 10.2. The van der Waals surface area contributed by atoms with Crippen LogP contribution in [0.3, 0.4) is 0 Å². The van der Waals surface area contributed by atoms with Crippen LogP contribution in [0.2, 0.25) is 0 Å². The lowest BCUT2D eigenvalue weighted by molar-refractivity contribution is 0.112. The van der Waals surface area contributed by atoms with Crippen molar-refractivity contribution >= 4 is 6.09 Å². The minimum absolute atomic E-state index is 0.162. The molecule has 14 heavy (non-hydrogen) atoms. The van der Waals surface area contributed by atoms with Crippen LogP contribution in [-0.4, -0.2) is 11.1 Å². The van der Waals surface area contributed by atoms with Crippen molar-refractivity contribution in [3.8, 4) is 0 Å². The summed E-state index contributed by atoms with van der Waals surface area (Å²) in [6.45, 7) is 1.38. The standard InChI is InChI=1S/C8H8F2N2O2/c1-4(14-8(11)13)7-6(10)2-5(9)3-12-7/h2-4H,1H3,(H2,11,13). The van der Waals surface area contributed by atoms with Crippen LogP contribution in [0.15, 0.2) is 12.3 Å². The largest absolute Gasteiger partial charge is 0.440 e. The molecule has 1 aromatic heterocycles. The molecule has 0 aliphatic rings. The smallest absolute Gasteiger partial charge is 0.405 e. The number of nitrogens with zero attached hydrogens (tertiary/aromatic N) is 1. The van der Waals surface area contributed by atoms with Crippen LogP contribution in [0.1, 0.15) is 18.7 Å². The maximum absolute atomic E-state index is 13.0. The van der Waals surface area contributed by atoms with Gasteiger partial charge in [-0.3, -0.25) is 4.98 Å². The number of amides is 1. The molecule has 1 atom stereocenters. The monoisotopic (exact) mass is 202 g/mol. The molecule has 2 N–H and O–H groups in total. The van der Waals surface area contributed by atoms with E-state index in [1.807, 2.05) is 0 Å². The van der Waals surface area contributed by atoms with Crippen molar-refractivity contribution in [1.29, 1.82) is 0 Å². The summed E-state index contributed by atoms with van der Waals surface area (Å²) in [4.78, 5) is 13.8. The third-order valence-electron chi connectivity index (χ3n) is 1.51. The average molecular weight is 202 g/mol. The number of hydrogen-bond donors (Lipinski definition) is 1. The Morgan fingerprint density at radius 3 is 2.79 bits per heavy atom. The number of aromatic nitrogens is 1. The Hall–Kier alpha value is -1.72. The van der Waals surface area contributed by atoms with Gasteiger partial charge in [-0.25, -0.2) is 13.6 Å². The van der Waals surface area contributed by atoms with Gasteiger partial charge in [-0.15, -0.1) is 0 Å². The van der Waals surface area contributed by atoms with Crippen LogP contribution < -0.4 is 5.73 Å². The Labute approximate surface area is 78.7 Å². The summed E-state index contributed by atoms with van der Waals surface area (Å²) in [6.07, 6.45) is -1.14. The van der Waals surface area contributed by atoms with Crippen molar-refractivity contribution in [3.05, 3.63) is 29.6 Å². The molecule has 0 saturated heterocycles. The number of rotatable bonds is 2. The molecule has 1 heterocycles. The van der Waals surface area contributed by atoms with E-state index in [1.165, 1.54) is 6.92 Å². The van der Waals surface area contributed by atoms with E-state index in [9.17, 15) is 13.6 Å². The number of pyridine rings is 1. The zero-order chi connectivity index (χ0) is 10.7. The van der Waals surface area contributed by atoms with Crippen LogP contribution in [0.4, 0.5) is 13.6 Å². The fraction of sp³-hybridized carbons (Fsp3) is 0.250. The van der Waals surface area contributed by atoms with Gasteiger partial charge < -0.3 is 10.5 Å². The predicted molar refractivity (Wildman–Crippen MR) is 43.2 cm³/mol. The van der Waals surface area contributed by atoms with E-state index in [4.69, 9.17) is 5.73 Å². The topological polar surface area (TPSA) is 65.2 Å². The number of hydrogen-bond acceptors (Lipinski definition) is 3. The van der Waals surface area contributed by atoms with E-state index in [-0.39, 0.29) is 5.69 Å². The van der Waals surface area contributed by atoms with E-state index >= 15 is 0 Å². The molecule has 0 aliphatic heterocycles. The number of nitrogens with two attached hydrogens (primary N) is 1. The minimum atomic E-state index is -1.04. The number of ether oxygens (including phenoxy) is 1. The number of carbonyl (C=O) groups excluding carboxylic acids is 1. The normalized spacial score (nSPS) is 12.2. The molecule has 0 radical (unpaired) electrons. The number of halogens is 2. The molecule has 1 amide bonds. The molecule has 0 bridgehead atoms. The zero-order valence-electron chi connectivity index (χ0n) is 7.33. The van der Waals surface area contributed by atoms with Crippen molar-refractivity contribution in [2.24, 2.45) is 5.73 Å². The van der Waals surface area contributed by atoms with Crippen molar-refractivity contribution in [2.75, 3.05) is 0 Å². The summed E-state index contributed by atoms with van der Waals surface area (Å²) < 4.78 is 29.9. The molecular formula is C8H8F2N2O2. The summed E-state index contributed by atoms with van der Waals surface area (Å²) in [5, 5.41) is 0. The highest BCUT2D eigenvalue weighted by Gasteiger charge is 2.16. The molecule has 0 spiro atoms. The second-order valence-electron chi connectivity index (χ2n) is 2.60. The average Bonchev–Trinajstić information content (AvgIpc) is 2.01. The van der Waals surface area contributed by atoms with Crippen LogP contribution in [0, 0.1) is 11.6 Å². The second kappa shape index (κ2) is 3.99. The van der Waals surface area contributed by atoms with E-state index in [0.717, 1.165) is 6.20 Å². The van der Waals surface area contributed by atoms with E-state index < -0.39 is 23.8 Å². The van der Waals surface area contributed by atoms with Crippen LogP contribution in [0.5, 0.6) is 0 Å². The van der Waals surface area contributed by atoms with Crippen molar-refractivity contribution < 1.29 is 18.3 Å². The Bertz CT molecular complexity index is 357. The maximum Gasteiger partial charge on any atom is 0.405 e. The molecule has 0 fully saturated rings. The van der Waals surface area contributed by atoms with Gasteiger partial charge in [0.25, 0.3) is 0 Å². The lowest BCUT2D eigenvalue weighted by Gasteiger charge is -2.10. The Balaban J connectivity index is 2.90. The SMILES string of the molecule is CC(OC(N)=O)c1ncc(F)cc1F. The lowest BCUT2D eigenvalue weighted by Crippen LogP contribution is -2.17. The first kappa shape index (κ1) is 10.4. The first-order valence-corrected chi connectivity index (χ1v) is 3.77. The minimum Gasteiger partial charge on any atom is -0.440 e. The summed E-state index contributed by atoms with van der Waals surface area (Å²) in [7, 11) is 0. The highest BCUT2D eigenvalue weighted by atomic mass is 19.1. The van der Waals surface area contributed by atoms with Crippen LogP contribution >= 0.6 is 0 Å². The van der Waals surface area contributed by atoms with Crippen LogP contribution in [-0.2, 0) is 4.74 Å². The molecule has 1 aromatic rings. The summed E-state index contributed by atoms with van der Waals surface area (Å²) in [5.41, 5.74) is 4.56. The third-order valence-corrected chi connectivity index (χ3v) is 1.51. The zero-order valence-corrected chi connectivity index (χ0v) is 7.33. The highest BCUT2D eigenvalue weighted by Crippen LogP contribution is 2.17. The summed E-state index contributed by atoms with van der Waals surface area (Å²) in [5.74, 6) is -1.67. The van der Waals surface area contributed by atoms with E-state index in [0.29, 0.717) is 6.07 Å². The van der Waals surface area contributed by atoms with Crippen LogP contribution in [0.25, 0.3) is 0 Å². The van der Waals surface area contributed by atoms with Gasteiger partial charge in [-0.05, 0) is 6.92 Å². The molecule has 0 aromatic carbocycles. The fourth-order valence-corrected chi connectivity index (χ4v) is 0.954. The maximum atomic E-state index is 13.0. The molecule has 0 aliphatic carbocycles. The van der Waals surface area contributed by atoms with Crippen molar-refractivity contribution in [3.63, 3.8) is 0 Å². The van der Waals surface area contributed by atoms with Crippen molar-refractivity contribution in [1.82, 2.24) is 4.98 Å². The molecular weight excluding hydrogens is 194 g/mol. The first-order chi connectivity index (χ1) is 6.50. The Morgan fingerprint density at radius 2 is 2.29 bits per heavy atom. The molecule has 0 saturated carbocycles. The fourth-order valence-electron chi connectivity index (χ4n) is 0.954. The van der Waals surface area contributed by atoms with Gasteiger partial charge in [0.2, 0.25) is 0 Å². The Morgan fingerprint density at radius 1 is 1.64 bits per heavy atom. The number of primary amides is 1. The van der Waals surface area contributed by atoms with Gasteiger partial charge in [-0.1, -0.05) is 0 Å².